The van der Waals surface area contributed by atoms with Crippen molar-refractivity contribution in [3.8, 4) is 11.1 Å². The first-order chi connectivity index (χ1) is 12.1. The molecule has 25 heavy (non-hydrogen) atoms. The van der Waals surface area contributed by atoms with Gasteiger partial charge in [-0.15, -0.1) is 11.3 Å². The molecule has 8 heteroatoms. The number of benzene rings is 1. The summed E-state index contributed by atoms with van der Waals surface area (Å²) < 4.78 is 28.8. The first-order valence-corrected chi connectivity index (χ1v) is 9.70. The van der Waals surface area contributed by atoms with E-state index in [1.807, 2.05) is 18.2 Å². The lowest BCUT2D eigenvalue weighted by Gasteiger charge is -2.07. The fourth-order valence-electron chi connectivity index (χ4n) is 2.43. The van der Waals surface area contributed by atoms with E-state index in [9.17, 15) is 8.42 Å². The molecular weight excluding hydrogens is 356 g/mol. The summed E-state index contributed by atoms with van der Waals surface area (Å²) in [4.78, 5) is 12.4. The second-order valence-corrected chi connectivity index (χ2v) is 7.82. The fraction of sp³-hybridized carbons (Fsp3) is 0. The van der Waals surface area contributed by atoms with Crippen LogP contribution < -0.4 is 4.72 Å². The Morgan fingerprint density at radius 2 is 1.72 bits per heavy atom. The Kier molecular flexibility index (Phi) is 3.90. The van der Waals surface area contributed by atoms with Crippen molar-refractivity contribution in [2.45, 2.75) is 4.90 Å². The zero-order valence-corrected chi connectivity index (χ0v) is 14.5. The summed E-state index contributed by atoms with van der Waals surface area (Å²) in [6.45, 7) is 0. The van der Waals surface area contributed by atoms with Gasteiger partial charge in [0.2, 0.25) is 0 Å². The molecule has 0 bridgehead atoms. The molecule has 4 rings (SSSR count). The molecule has 0 saturated carbocycles. The van der Waals surface area contributed by atoms with Crippen LogP contribution in [-0.2, 0) is 10.0 Å². The van der Waals surface area contributed by atoms with E-state index in [0.717, 1.165) is 15.8 Å². The molecule has 0 unspecified atom stereocenters. The van der Waals surface area contributed by atoms with E-state index in [0.29, 0.717) is 5.39 Å². The molecule has 3 aromatic heterocycles. The highest BCUT2D eigenvalue weighted by atomic mass is 32.2. The molecule has 0 aliphatic carbocycles. The summed E-state index contributed by atoms with van der Waals surface area (Å²) in [5, 5.41) is 2.35. The highest BCUT2D eigenvalue weighted by molar-refractivity contribution is 7.93. The van der Waals surface area contributed by atoms with Gasteiger partial charge in [-0.05, 0) is 18.2 Å². The minimum Gasteiger partial charge on any atom is -0.263 e. The summed E-state index contributed by atoms with van der Waals surface area (Å²) in [5.74, 6) is 0.260. The van der Waals surface area contributed by atoms with Gasteiger partial charge in [0.05, 0.1) is 0 Å². The van der Waals surface area contributed by atoms with Crippen molar-refractivity contribution in [2.24, 2.45) is 0 Å². The minimum atomic E-state index is -3.70. The third-order valence-corrected chi connectivity index (χ3v) is 6.14. The molecule has 0 atom stereocenters. The Balaban J connectivity index is 1.63. The van der Waals surface area contributed by atoms with E-state index in [-0.39, 0.29) is 10.7 Å². The van der Waals surface area contributed by atoms with Crippen LogP contribution in [0.2, 0.25) is 0 Å². The van der Waals surface area contributed by atoms with E-state index >= 15 is 0 Å². The first-order valence-electron chi connectivity index (χ1n) is 7.34. The molecule has 3 heterocycles. The van der Waals surface area contributed by atoms with Gasteiger partial charge in [-0.3, -0.25) is 4.72 Å². The Morgan fingerprint density at radius 1 is 0.920 bits per heavy atom. The van der Waals surface area contributed by atoms with E-state index < -0.39 is 10.0 Å². The van der Waals surface area contributed by atoms with Gasteiger partial charge in [0.1, 0.15) is 17.0 Å². The van der Waals surface area contributed by atoms with Crippen LogP contribution in [0.3, 0.4) is 0 Å². The average Bonchev–Trinajstić information content (AvgIpc) is 3.08. The number of rotatable bonds is 4. The largest absolute Gasteiger partial charge is 0.264 e. The number of hydrogen-bond donors (Lipinski definition) is 1. The number of hydrogen-bond acceptors (Lipinski definition) is 6. The standard InChI is InChI=1S/C17H12N4O2S2/c22-25(23,16-10-24-15-4-2-1-3-14(15)16)21-17-6-5-12(9-20-17)13-7-18-11-19-8-13/h1-11H,(H,20,21). The van der Waals surface area contributed by atoms with E-state index in [1.165, 1.54) is 17.7 Å². The van der Waals surface area contributed by atoms with Crippen LogP contribution in [0.5, 0.6) is 0 Å². The minimum absolute atomic E-state index is 0.260. The number of fused-ring (bicyclic) bond motifs is 1. The normalized spacial score (nSPS) is 11.5. The SMILES string of the molecule is O=S(=O)(Nc1ccc(-c2cncnc2)cn1)c1csc2ccccc12. The summed E-state index contributed by atoms with van der Waals surface area (Å²) in [5.41, 5.74) is 1.62. The zero-order valence-electron chi connectivity index (χ0n) is 12.8. The summed E-state index contributed by atoms with van der Waals surface area (Å²) in [6, 6.07) is 10.8. The van der Waals surface area contributed by atoms with Crippen molar-refractivity contribution in [1.82, 2.24) is 15.0 Å². The van der Waals surface area contributed by atoms with Crippen LogP contribution in [-0.4, -0.2) is 23.4 Å². The Bertz CT molecular complexity index is 1120. The first kappa shape index (κ1) is 15.7. The van der Waals surface area contributed by atoms with Gasteiger partial charge < -0.3 is 0 Å². The Morgan fingerprint density at radius 3 is 2.48 bits per heavy atom. The molecule has 1 N–H and O–H groups in total. The van der Waals surface area contributed by atoms with Crippen LogP contribution in [0.15, 0.2) is 71.6 Å². The zero-order chi connectivity index (χ0) is 17.3. The second kappa shape index (κ2) is 6.23. The van der Waals surface area contributed by atoms with Gasteiger partial charge in [0, 0.05) is 45.2 Å². The number of aromatic nitrogens is 3. The number of thiophene rings is 1. The Hall–Kier alpha value is -2.84. The number of pyridine rings is 1. The van der Waals surface area contributed by atoms with Crippen molar-refractivity contribution < 1.29 is 8.42 Å². The van der Waals surface area contributed by atoms with Gasteiger partial charge in [0.15, 0.2) is 0 Å². The van der Waals surface area contributed by atoms with Crippen LogP contribution in [0.25, 0.3) is 21.2 Å². The number of nitrogens with one attached hydrogen (secondary N) is 1. The lowest BCUT2D eigenvalue weighted by atomic mass is 10.1. The molecule has 0 amide bonds. The van der Waals surface area contributed by atoms with Crippen LogP contribution >= 0.6 is 11.3 Å². The van der Waals surface area contributed by atoms with Gasteiger partial charge >= 0.3 is 0 Å². The molecular formula is C17H12N4O2S2. The fourth-order valence-corrected chi connectivity index (χ4v) is 4.94. The molecule has 0 radical (unpaired) electrons. The van der Waals surface area contributed by atoms with E-state index in [4.69, 9.17) is 0 Å². The predicted octanol–water partition coefficient (Wildman–Crippen LogP) is 3.55. The van der Waals surface area contributed by atoms with Gasteiger partial charge in [0.25, 0.3) is 10.0 Å². The van der Waals surface area contributed by atoms with Crippen molar-refractivity contribution in [3.63, 3.8) is 0 Å². The third-order valence-electron chi connectivity index (χ3n) is 3.63. The Labute approximate surface area is 148 Å². The van der Waals surface area contributed by atoms with Gasteiger partial charge in [-0.2, -0.15) is 0 Å². The maximum Gasteiger partial charge on any atom is 0.264 e. The van der Waals surface area contributed by atoms with Crippen LogP contribution in [0.4, 0.5) is 5.82 Å². The predicted molar refractivity (Wildman–Crippen MR) is 97.9 cm³/mol. The van der Waals surface area contributed by atoms with Gasteiger partial charge in [-0.25, -0.2) is 23.4 Å². The maximum atomic E-state index is 12.7. The molecule has 1 aromatic carbocycles. The monoisotopic (exact) mass is 368 g/mol. The van der Waals surface area contributed by atoms with Gasteiger partial charge in [-0.1, -0.05) is 18.2 Å². The molecule has 0 aliphatic heterocycles. The molecule has 6 nitrogen and oxygen atoms in total. The smallest absolute Gasteiger partial charge is 0.263 e. The molecule has 0 spiro atoms. The molecule has 0 fully saturated rings. The summed E-state index contributed by atoms with van der Waals surface area (Å²) in [6.07, 6.45) is 6.38. The third kappa shape index (κ3) is 3.09. The molecule has 4 aromatic rings. The number of sulfonamides is 1. The summed E-state index contributed by atoms with van der Waals surface area (Å²) >= 11 is 1.40. The van der Waals surface area contributed by atoms with Crippen LogP contribution in [0.1, 0.15) is 0 Å². The van der Waals surface area contributed by atoms with E-state index in [2.05, 4.69) is 19.7 Å². The lowest BCUT2D eigenvalue weighted by molar-refractivity contribution is 0.602. The highest BCUT2D eigenvalue weighted by Crippen LogP contribution is 2.30. The van der Waals surface area contributed by atoms with Crippen molar-refractivity contribution in [3.05, 3.63) is 66.7 Å². The highest BCUT2D eigenvalue weighted by Gasteiger charge is 2.19. The quantitative estimate of drug-likeness (QED) is 0.595. The molecule has 124 valence electrons. The molecule has 0 saturated heterocycles. The van der Waals surface area contributed by atoms with E-state index in [1.54, 1.807) is 42.2 Å². The number of nitrogens with zero attached hydrogens (tertiary/aromatic N) is 3. The molecule has 0 aliphatic rings. The average molecular weight is 368 g/mol. The van der Waals surface area contributed by atoms with Crippen molar-refractivity contribution in [2.75, 3.05) is 4.72 Å². The van der Waals surface area contributed by atoms with Crippen LogP contribution in [0, 0.1) is 0 Å². The van der Waals surface area contributed by atoms with Crippen molar-refractivity contribution >= 4 is 37.3 Å². The lowest BCUT2D eigenvalue weighted by Crippen LogP contribution is -2.13. The maximum absolute atomic E-state index is 12.7. The van der Waals surface area contributed by atoms with Crippen molar-refractivity contribution in [1.29, 1.82) is 0 Å². The summed E-state index contributed by atoms with van der Waals surface area (Å²) in [7, 11) is -3.70. The topological polar surface area (TPSA) is 84.8 Å². The number of anilines is 1. The second-order valence-electron chi connectivity index (χ2n) is 5.26.